The molecule has 1 aliphatic heterocycles. The zero-order chi connectivity index (χ0) is 18.0. The van der Waals surface area contributed by atoms with Gasteiger partial charge in [-0.2, -0.15) is 0 Å². The molecule has 3 amide bonds. The Kier molecular flexibility index (Phi) is 5.88. The Hall–Kier alpha value is -1.59. The van der Waals surface area contributed by atoms with Crippen LogP contribution >= 0.6 is 23.2 Å². The van der Waals surface area contributed by atoms with Crippen molar-refractivity contribution in [3.8, 4) is 0 Å². The Labute approximate surface area is 151 Å². The second-order valence-electron chi connectivity index (χ2n) is 6.45. The fourth-order valence-corrected chi connectivity index (χ4v) is 2.87. The van der Waals surface area contributed by atoms with Crippen molar-refractivity contribution in [1.82, 2.24) is 10.2 Å². The molecule has 0 aliphatic carbocycles. The number of carbonyl (C=O) groups is 3. The van der Waals surface area contributed by atoms with Crippen molar-refractivity contribution in [2.45, 2.75) is 39.7 Å². The first kappa shape index (κ1) is 18.7. The summed E-state index contributed by atoms with van der Waals surface area (Å²) in [6.45, 7) is 5.82. The third kappa shape index (κ3) is 4.08. The monoisotopic (exact) mass is 370 g/mol. The number of nitrogens with one attached hydrogen (secondary N) is 1. The molecule has 0 saturated carbocycles. The lowest BCUT2D eigenvalue weighted by Crippen LogP contribution is -2.43. The molecule has 1 aliphatic rings. The number of nitrogens with zero attached hydrogens (tertiary/aromatic N) is 1. The maximum absolute atomic E-state index is 12.3. The third-order valence-corrected chi connectivity index (χ3v) is 4.62. The van der Waals surface area contributed by atoms with Crippen LogP contribution < -0.4 is 5.32 Å². The predicted octanol–water partition coefficient (Wildman–Crippen LogP) is 3.53. The zero-order valence-corrected chi connectivity index (χ0v) is 15.4. The van der Waals surface area contributed by atoms with E-state index < -0.39 is 11.8 Å². The summed E-state index contributed by atoms with van der Waals surface area (Å²) in [5.41, 5.74) is 0.352. The quantitative estimate of drug-likeness (QED) is 0.778. The van der Waals surface area contributed by atoms with Crippen LogP contribution in [0.4, 0.5) is 0 Å². The highest BCUT2D eigenvalue weighted by atomic mass is 35.5. The minimum absolute atomic E-state index is 0.0148. The molecule has 24 heavy (non-hydrogen) atoms. The van der Waals surface area contributed by atoms with E-state index in [4.69, 9.17) is 23.2 Å². The Balaban J connectivity index is 2.02. The Bertz CT molecular complexity index is 648. The Morgan fingerprint density at radius 3 is 2.00 bits per heavy atom. The van der Waals surface area contributed by atoms with Gasteiger partial charge in [0.15, 0.2) is 0 Å². The zero-order valence-electron chi connectivity index (χ0n) is 13.9. The Morgan fingerprint density at radius 2 is 1.54 bits per heavy atom. The molecule has 2 rings (SSSR count). The lowest BCUT2D eigenvalue weighted by atomic mass is 10.0. The van der Waals surface area contributed by atoms with E-state index in [9.17, 15) is 14.4 Å². The van der Waals surface area contributed by atoms with E-state index in [2.05, 4.69) is 19.2 Å². The minimum atomic E-state index is -0.529. The van der Waals surface area contributed by atoms with Gasteiger partial charge in [-0.05, 0) is 37.8 Å². The smallest absolute Gasteiger partial charge is 0.262 e. The van der Waals surface area contributed by atoms with E-state index in [1.54, 1.807) is 0 Å². The normalized spacial score (nSPS) is 15.0. The Morgan fingerprint density at radius 1 is 1.04 bits per heavy atom. The van der Waals surface area contributed by atoms with Crippen LogP contribution in [0, 0.1) is 5.92 Å². The number of rotatable bonds is 6. The summed E-state index contributed by atoms with van der Waals surface area (Å²) in [7, 11) is 0. The summed E-state index contributed by atoms with van der Waals surface area (Å²) < 4.78 is 0. The first-order valence-corrected chi connectivity index (χ1v) is 8.61. The molecule has 1 aromatic rings. The van der Waals surface area contributed by atoms with E-state index in [0.29, 0.717) is 5.92 Å². The lowest BCUT2D eigenvalue weighted by Gasteiger charge is -2.18. The van der Waals surface area contributed by atoms with Crippen molar-refractivity contribution < 1.29 is 14.4 Å². The first-order valence-electron chi connectivity index (χ1n) is 7.85. The van der Waals surface area contributed by atoms with Gasteiger partial charge in [0.2, 0.25) is 5.91 Å². The van der Waals surface area contributed by atoms with Gasteiger partial charge in [-0.15, -0.1) is 0 Å². The van der Waals surface area contributed by atoms with Crippen LogP contribution in [0.25, 0.3) is 0 Å². The van der Waals surface area contributed by atoms with Crippen molar-refractivity contribution in [3.05, 3.63) is 33.3 Å². The molecule has 0 radical (unpaired) electrons. The minimum Gasteiger partial charge on any atom is -0.352 e. The van der Waals surface area contributed by atoms with Gasteiger partial charge in [0.05, 0.1) is 21.2 Å². The predicted molar refractivity (Wildman–Crippen MR) is 93.5 cm³/mol. The van der Waals surface area contributed by atoms with Crippen LogP contribution in [0.2, 0.25) is 10.0 Å². The number of carbonyl (C=O) groups excluding carboxylic acids is 3. The molecule has 130 valence electrons. The number of fused-ring (bicyclic) bond motifs is 1. The van der Waals surface area contributed by atoms with E-state index >= 15 is 0 Å². The molecule has 0 bridgehead atoms. The average Bonchev–Trinajstić information content (AvgIpc) is 2.71. The molecule has 5 nitrogen and oxygen atoms in total. The van der Waals surface area contributed by atoms with Crippen LogP contribution in [0.5, 0.6) is 0 Å². The van der Waals surface area contributed by atoms with Gasteiger partial charge < -0.3 is 5.32 Å². The van der Waals surface area contributed by atoms with Gasteiger partial charge in [-0.3, -0.25) is 19.3 Å². The van der Waals surface area contributed by atoms with Crippen LogP contribution in [0.3, 0.4) is 0 Å². The molecule has 0 fully saturated rings. The van der Waals surface area contributed by atoms with Crippen molar-refractivity contribution in [3.63, 3.8) is 0 Å². The topological polar surface area (TPSA) is 66.5 Å². The van der Waals surface area contributed by atoms with Gasteiger partial charge in [0.1, 0.15) is 6.54 Å². The largest absolute Gasteiger partial charge is 0.352 e. The molecule has 1 unspecified atom stereocenters. The van der Waals surface area contributed by atoms with Crippen LogP contribution in [0.15, 0.2) is 12.1 Å². The summed E-state index contributed by atoms with van der Waals surface area (Å²) in [5.74, 6) is -0.870. The molecule has 1 heterocycles. The maximum Gasteiger partial charge on any atom is 0.262 e. The van der Waals surface area contributed by atoms with Crippen molar-refractivity contribution in [2.75, 3.05) is 6.54 Å². The average molecular weight is 371 g/mol. The van der Waals surface area contributed by atoms with Crippen molar-refractivity contribution in [1.29, 1.82) is 0 Å². The maximum atomic E-state index is 12.3. The van der Waals surface area contributed by atoms with Crippen molar-refractivity contribution in [2.24, 2.45) is 5.92 Å². The number of amides is 3. The summed E-state index contributed by atoms with van der Waals surface area (Å²) in [5, 5.41) is 3.21. The van der Waals surface area contributed by atoms with Crippen LogP contribution in [-0.4, -0.2) is 35.2 Å². The fourth-order valence-electron chi connectivity index (χ4n) is 2.55. The highest BCUT2D eigenvalue weighted by molar-refractivity contribution is 6.43. The second kappa shape index (κ2) is 7.53. The second-order valence-corrected chi connectivity index (χ2v) is 7.26. The highest BCUT2D eigenvalue weighted by Gasteiger charge is 2.37. The molecule has 1 N–H and O–H groups in total. The number of hydrogen-bond acceptors (Lipinski definition) is 3. The summed E-state index contributed by atoms with van der Waals surface area (Å²) in [6.07, 6.45) is 1.84. The highest BCUT2D eigenvalue weighted by Crippen LogP contribution is 2.31. The van der Waals surface area contributed by atoms with E-state index in [0.717, 1.165) is 17.7 Å². The van der Waals surface area contributed by atoms with Gasteiger partial charge in [0.25, 0.3) is 11.8 Å². The number of imide groups is 1. The molecular weight excluding hydrogens is 351 g/mol. The molecule has 1 atom stereocenters. The van der Waals surface area contributed by atoms with Crippen molar-refractivity contribution >= 4 is 40.9 Å². The SMILES string of the molecule is CC(C)CCC(C)NC(=O)CN1C(=O)c2cc(Cl)c(Cl)cc2C1=O. The van der Waals surface area contributed by atoms with E-state index in [1.807, 2.05) is 6.92 Å². The molecule has 0 spiro atoms. The number of benzene rings is 1. The molecule has 7 heteroatoms. The van der Waals surface area contributed by atoms with Gasteiger partial charge in [0, 0.05) is 6.04 Å². The van der Waals surface area contributed by atoms with Gasteiger partial charge in [-0.25, -0.2) is 0 Å². The molecular formula is C17H20Cl2N2O3. The molecule has 1 aromatic carbocycles. The van der Waals surface area contributed by atoms with E-state index in [1.165, 1.54) is 12.1 Å². The number of hydrogen-bond donors (Lipinski definition) is 1. The van der Waals surface area contributed by atoms with E-state index in [-0.39, 0.29) is 39.7 Å². The third-order valence-electron chi connectivity index (χ3n) is 3.90. The summed E-state index contributed by atoms with van der Waals surface area (Å²) >= 11 is 11.8. The number of halogens is 2. The lowest BCUT2D eigenvalue weighted by molar-refractivity contribution is -0.122. The van der Waals surface area contributed by atoms with Crippen LogP contribution in [-0.2, 0) is 4.79 Å². The fraction of sp³-hybridized carbons (Fsp3) is 0.471. The standard InChI is InChI=1S/C17H20Cl2N2O3/c1-9(2)4-5-10(3)20-15(22)8-21-16(23)11-6-13(18)14(19)7-12(11)17(21)24/h6-7,9-10H,4-5,8H2,1-3H3,(H,20,22). The molecule has 0 aromatic heterocycles. The van der Waals surface area contributed by atoms with Gasteiger partial charge in [-0.1, -0.05) is 37.0 Å². The summed E-state index contributed by atoms with van der Waals surface area (Å²) in [4.78, 5) is 37.7. The summed E-state index contributed by atoms with van der Waals surface area (Å²) in [6, 6.07) is 2.71. The first-order chi connectivity index (χ1) is 11.2. The molecule has 0 saturated heterocycles. The van der Waals surface area contributed by atoms with Crippen LogP contribution in [0.1, 0.15) is 54.3 Å². The van der Waals surface area contributed by atoms with Gasteiger partial charge >= 0.3 is 0 Å².